The molecule has 0 saturated carbocycles. The van der Waals surface area contributed by atoms with Crippen LogP contribution in [0, 0.1) is 0 Å². The van der Waals surface area contributed by atoms with Crippen LogP contribution in [0.2, 0.25) is 0 Å². The first-order valence-electron chi connectivity index (χ1n) is 8.86. The largest absolute Gasteiger partial charge is 0.396 e. The topological polar surface area (TPSA) is 60.7 Å². The first-order valence-corrected chi connectivity index (χ1v) is 8.86. The first kappa shape index (κ1) is 20.6. The Morgan fingerprint density at radius 1 is 0.571 bits per heavy atom. The number of unbranched alkanes of at least 4 members (excludes halogenated alkanes) is 8. The van der Waals surface area contributed by atoms with Crippen LogP contribution in [0.4, 0.5) is 0 Å². The Kier molecular flexibility index (Phi) is 17.4. The molecule has 3 N–H and O–H groups in total. The molecule has 0 heterocycles. The van der Waals surface area contributed by atoms with Crippen LogP contribution >= 0.6 is 0 Å². The van der Waals surface area contributed by atoms with Crippen LogP contribution in [0.15, 0.2) is 12.2 Å². The second-order valence-corrected chi connectivity index (χ2v) is 5.91. The summed E-state index contributed by atoms with van der Waals surface area (Å²) in [5.74, 6) is 0. The molecule has 0 aliphatic heterocycles. The van der Waals surface area contributed by atoms with E-state index in [1.54, 1.807) is 0 Å². The minimum Gasteiger partial charge on any atom is -0.396 e. The molecule has 0 aromatic heterocycles. The summed E-state index contributed by atoms with van der Waals surface area (Å²) in [5.41, 5.74) is 0. The van der Waals surface area contributed by atoms with Gasteiger partial charge in [0.05, 0.1) is 6.10 Å². The molecule has 0 spiro atoms. The Labute approximate surface area is 131 Å². The summed E-state index contributed by atoms with van der Waals surface area (Å²) in [5, 5.41) is 27.2. The predicted octanol–water partition coefficient (Wildman–Crippen LogP) is 3.96. The third kappa shape index (κ3) is 17.6. The van der Waals surface area contributed by atoms with E-state index in [-0.39, 0.29) is 6.10 Å². The number of hydrogen-bond acceptors (Lipinski definition) is 3. The Balaban J connectivity index is 3.22. The zero-order valence-electron chi connectivity index (χ0n) is 13.7. The predicted molar refractivity (Wildman–Crippen MR) is 89.3 cm³/mol. The van der Waals surface area contributed by atoms with Crippen LogP contribution in [0.3, 0.4) is 0 Å². The highest BCUT2D eigenvalue weighted by Gasteiger charge is 2.02. The number of hydrogen-bond donors (Lipinski definition) is 3. The van der Waals surface area contributed by atoms with Crippen LogP contribution in [-0.2, 0) is 0 Å². The zero-order valence-corrected chi connectivity index (χ0v) is 13.7. The molecule has 0 aliphatic carbocycles. The highest BCUT2D eigenvalue weighted by atomic mass is 16.3. The van der Waals surface area contributed by atoms with Crippen LogP contribution in [-0.4, -0.2) is 34.6 Å². The third-order valence-electron chi connectivity index (χ3n) is 3.81. The summed E-state index contributed by atoms with van der Waals surface area (Å²) in [6, 6.07) is 0. The molecule has 3 nitrogen and oxygen atoms in total. The van der Waals surface area contributed by atoms with E-state index in [9.17, 15) is 5.11 Å². The van der Waals surface area contributed by atoms with E-state index in [0.717, 1.165) is 64.2 Å². The summed E-state index contributed by atoms with van der Waals surface area (Å²) in [7, 11) is 0. The molecular weight excluding hydrogens is 264 g/mol. The molecule has 0 aliphatic rings. The van der Waals surface area contributed by atoms with Crippen molar-refractivity contribution in [1.82, 2.24) is 0 Å². The average molecular weight is 300 g/mol. The molecule has 0 aromatic carbocycles. The van der Waals surface area contributed by atoms with E-state index < -0.39 is 0 Å². The molecule has 3 heteroatoms. The quantitative estimate of drug-likeness (QED) is 0.299. The van der Waals surface area contributed by atoms with Gasteiger partial charge in [-0.25, -0.2) is 0 Å². The molecule has 0 saturated heterocycles. The fraction of sp³-hybridized carbons (Fsp3) is 0.889. The van der Waals surface area contributed by atoms with Gasteiger partial charge in [0.1, 0.15) is 0 Å². The maximum absolute atomic E-state index is 9.87. The highest BCUT2D eigenvalue weighted by Crippen LogP contribution is 2.11. The van der Waals surface area contributed by atoms with Gasteiger partial charge in [-0.2, -0.15) is 0 Å². The van der Waals surface area contributed by atoms with Crippen molar-refractivity contribution in [3.63, 3.8) is 0 Å². The minimum absolute atomic E-state index is 0.151. The van der Waals surface area contributed by atoms with E-state index in [0.29, 0.717) is 13.2 Å². The molecule has 21 heavy (non-hydrogen) atoms. The van der Waals surface area contributed by atoms with Crippen molar-refractivity contribution in [3.05, 3.63) is 12.2 Å². The van der Waals surface area contributed by atoms with Gasteiger partial charge in [-0.1, -0.05) is 50.7 Å². The van der Waals surface area contributed by atoms with Gasteiger partial charge in [-0.05, 0) is 44.9 Å². The maximum Gasteiger partial charge on any atom is 0.0543 e. The molecule has 0 fully saturated rings. The molecule has 0 bridgehead atoms. The molecule has 1 atom stereocenters. The molecule has 126 valence electrons. The van der Waals surface area contributed by atoms with Gasteiger partial charge in [-0.15, -0.1) is 0 Å². The lowest BCUT2D eigenvalue weighted by atomic mass is 10.0. The normalized spacial score (nSPS) is 13.1. The van der Waals surface area contributed by atoms with Gasteiger partial charge >= 0.3 is 0 Å². The molecule has 0 unspecified atom stereocenters. The van der Waals surface area contributed by atoms with E-state index in [4.69, 9.17) is 10.2 Å². The Hall–Kier alpha value is -0.380. The fourth-order valence-corrected chi connectivity index (χ4v) is 2.42. The van der Waals surface area contributed by atoms with Crippen molar-refractivity contribution in [3.8, 4) is 0 Å². The average Bonchev–Trinajstić information content (AvgIpc) is 2.49. The van der Waals surface area contributed by atoms with Gasteiger partial charge in [0.25, 0.3) is 0 Å². The van der Waals surface area contributed by atoms with Crippen molar-refractivity contribution >= 4 is 0 Å². The van der Waals surface area contributed by atoms with Crippen molar-refractivity contribution in [2.24, 2.45) is 0 Å². The number of aliphatic hydroxyl groups is 3. The number of rotatable bonds is 16. The Morgan fingerprint density at radius 2 is 1.10 bits per heavy atom. The van der Waals surface area contributed by atoms with E-state index in [1.807, 2.05) is 0 Å². The second-order valence-electron chi connectivity index (χ2n) is 5.91. The molecule has 0 rings (SSSR count). The zero-order chi connectivity index (χ0) is 15.6. The Morgan fingerprint density at radius 3 is 1.76 bits per heavy atom. The van der Waals surface area contributed by atoms with Crippen molar-refractivity contribution < 1.29 is 15.3 Å². The number of allylic oxidation sites excluding steroid dienone is 2. The third-order valence-corrected chi connectivity index (χ3v) is 3.81. The van der Waals surface area contributed by atoms with Gasteiger partial charge in [0, 0.05) is 13.2 Å². The van der Waals surface area contributed by atoms with Gasteiger partial charge in [0.15, 0.2) is 0 Å². The summed E-state index contributed by atoms with van der Waals surface area (Å²) in [6.45, 7) is 0.616. The van der Waals surface area contributed by atoms with Gasteiger partial charge < -0.3 is 15.3 Å². The lowest BCUT2D eigenvalue weighted by molar-refractivity contribution is 0.152. The van der Waals surface area contributed by atoms with E-state index >= 15 is 0 Å². The molecule has 0 aromatic rings. The summed E-state index contributed by atoms with van der Waals surface area (Å²) >= 11 is 0. The van der Waals surface area contributed by atoms with Gasteiger partial charge in [-0.3, -0.25) is 0 Å². The van der Waals surface area contributed by atoms with Crippen molar-refractivity contribution in [1.29, 1.82) is 0 Å². The lowest BCUT2D eigenvalue weighted by Gasteiger charge is -2.08. The minimum atomic E-state index is -0.151. The van der Waals surface area contributed by atoms with Gasteiger partial charge in [0.2, 0.25) is 0 Å². The van der Waals surface area contributed by atoms with Crippen LogP contribution in [0.5, 0.6) is 0 Å². The summed E-state index contributed by atoms with van der Waals surface area (Å²) in [6.07, 6.45) is 18.0. The van der Waals surface area contributed by atoms with E-state index in [2.05, 4.69) is 12.2 Å². The van der Waals surface area contributed by atoms with Crippen molar-refractivity contribution in [2.45, 2.75) is 89.6 Å². The molecule has 0 amide bonds. The standard InChI is InChI=1S/C18H36O3/c19-16-12-8-4-1-2-6-10-14-18(21)15-11-7-3-5-9-13-17-20/h2,6,18-21H,1,3-5,7-17H2/b6-2-/t18-/m1/s1. The summed E-state index contributed by atoms with van der Waals surface area (Å²) in [4.78, 5) is 0. The lowest BCUT2D eigenvalue weighted by Crippen LogP contribution is -2.05. The fourth-order valence-electron chi connectivity index (χ4n) is 2.42. The maximum atomic E-state index is 9.87. The highest BCUT2D eigenvalue weighted by molar-refractivity contribution is 4.82. The molecular formula is C18H36O3. The Bertz CT molecular complexity index is 217. The SMILES string of the molecule is OCCCCC/C=C\CC[C@@H](O)CCCCCCCCO. The van der Waals surface area contributed by atoms with Crippen molar-refractivity contribution in [2.75, 3.05) is 13.2 Å². The monoisotopic (exact) mass is 300 g/mol. The molecule has 0 radical (unpaired) electrons. The van der Waals surface area contributed by atoms with Crippen LogP contribution < -0.4 is 0 Å². The smallest absolute Gasteiger partial charge is 0.0543 e. The first-order chi connectivity index (χ1) is 10.3. The second kappa shape index (κ2) is 17.7. The van der Waals surface area contributed by atoms with Crippen LogP contribution in [0.25, 0.3) is 0 Å². The summed E-state index contributed by atoms with van der Waals surface area (Å²) < 4.78 is 0. The van der Waals surface area contributed by atoms with E-state index in [1.165, 1.54) is 19.3 Å². The number of aliphatic hydroxyl groups excluding tert-OH is 3. The van der Waals surface area contributed by atoms with Crippen LogP contribution in [0.1, 0.15) is 83.5 Å².